The van der Waals surface area contributed by atoms with E-state index < -0.39 is 12.9 Å². The van der Waals surface area contributed by atoms with E-state index in [-0.39, 0.29) is 11.1 Å². The number of carboxylic acid groups (broad SMARTS) is 1. The molecule has 0 radical (unpaired) electrons. The van der Waals surface area contributed by atoms with Crippen LogP contribution >= 0.6 is 0 Å². The molecule has 1 aliphatic heterocycles. The summed E-state index contributed by atoms with van der Waals surface area (Å²) < 4.78 is 22.4. The van der Waals surface area contributed by atoms with Crippen molar-refractivity contribution in [3.8, 4) is 11.8 Å². The summed E-state index contributed by atoms with van der Waals surface area (Å²) >= 11 is 0. The van der Waals surface area contributed by atoms with E-state index in [1.54, 1.807) is 13.0 Å². The van der Waals surface area contributed by atoms with E-state index in [9.17, 15) is 4.79 Å². The Morgan fingerprint density at radius 1 is 1.68 bits per heavy atom. The first-order valence-corrected chi connectivity index (χ1v) is 6.20. The van der Waals surface area contributed by atoms with Gasteiger partial charge in [0.2, 0.25) is 0 Å². The molecule has 1 saturated heterocycles. The molecule has 2 aliphatic rings. The van der Waals surface area contributed by atoms with Gasteiger partial charge in [-0.25, -0.2) is 9.78 Å². The Kier molecular flexibility index (Phi) is 1.95. The summed E-state index contributed by atoms with van der Waals surface area (Å²) in [7, 11) is 0. The van der Waals surface area contributed by atoms with Gasteiger partial charge in [0.15, 0.2) is 0 Å². The van der Waals surface area contributed by atoms with Crippen LogP contribution in [0.2, 0.25) is 0 Å². The van der Waals surface area contributed by atoms with Gasteiger partial charge in [0, 0.05) is 33.9 Å². The van der Waals surface area contributed by atoms with Crippen LogP contribution in [0.3, 0.4) is 0 Å². The van der Waals surface area contributed by atoms with Crippen molar-refractivity contribution in [2.45, 2.75) is 13.3 Å². The van der Waals surface area contributed by atoms with E-state index in [1.807, 2.05) is 0 Å². The number of aryl methyl sites for hydroxylation is 1. The fourth-order valence-corrected chi connectivity index (χ4v) is 2.72. The van der Waals surface area contributed by atoms with Gasteiger partial charge in [-0.05, 0) is 38.4 Å². The van der Waals surface area contributed by atoms with Gasteiger partial charge in [0.05, 0.1) is 0 Å². The fourth-order valence-electron chi connectivity index (χ4n) is 2.72. The molecule has 2 heterocycles. The van der Waals surface area contributed by atoms with E-state index in [2.05, 4.69) is 16.8 Å². The minimum atomic E-state index is -2.06. The highest BCUT2D eigenvalue weighted by Gasteiger charge is 2.58. The van der Waals surface area contributed by atoms with E-state index in [0.717, 1.165) is 6.42 Å². The Labute approximate surface area is 116 Å². The van der Waals surface area contributed by atoms with Crippen LogP contribution in [-0.2, 0) is 0 Å². The van der Waals surface area contributed by atoms with Crippen LogP contribution in [0.25, 0.3) is 0 Å². The maximum atomic E-state index is 11.0. The van der Waals surface area contributed by atoms with Gasteiger partial charge >= 0.3 is 5.97 Å². The fraction of sp³-hybridized carbons (Fsp3) is 0.467. The van der Waals surface area contributed by atoms with Crippen molar-refractivity contribution in [3.63, 3.8) is 0 Å². The lowest BCUT2D eigenvalue weighted by atomic mass is 10.1. The summed E-state index contributed by atoms with van der Waals surface area (Å²) in [6.07, 6.45) is 0.919. The predicted molar refractivity (Wildman–Crippen MR) is 70.8 cm³/mol. The van der Waals surface area contributed by atoms with Crippen molar-refractivity contribution in [1.29, 1.82) is 0 Å². The largest absolute Gasteiger partial charge is 0.477 e. The number of piperidine rings is 1. The standard InChI is InChI=1S/C15H16N2O2/c1-10-5-11(6-13(16-10)14(18)19)3-4-15-7-12(15)8-17(2)9-15/h5-6,12H,7-9H2,1-2H3,(H,18,19)/i2D3. The molecule has 19 heavy (non-hydrogen) atoms. The Hall–Kier alpha value is -1.86. The second-order valence-electron chi connectivity index (χ2n) is 5.38. The molecule has 4 heteroatoms. The third-order valence-corrected chi connectivity index (χ3v) is 3.77. The Bertz CT molecular complexity index is 705. The third kappa shape index (κ3) is 2.22. The van der Waals surface area contributed by atoms with Gasteiger partial charge in [0.25, 0.3) is 0 Å². The number of likely N-dealkylation sites (tertiary alicyclic amines) is 1. The predicted octanol–water partition coefficient (Wildman–Crippen LogP) is 1.39. The summed E-state index contributed by atoms with van der Waals surface area (Å²) in [6.45, 7) is 0.672. The molecule has 2 atom stereocenters. The number of carboxylic acids is 1. The molecule has 1 N–H and O–H groups in total. The van der Waals surface area contributed by atoms with Gasteiger partial charge in [0.1, 0.15) is 5.69 Å². The molecule has 0 bridgehead atoms. The van der Waals surface area contributed by atoms with Gasteiger partial charge in [-0.3, -0.25) is 0 Å². The summed E-state index contributed by atoms with van der Waals surface area (Å²) in [6, 6.07) is 3.19. The van der Waals surface area contributed by atoms with Crippen LogP contribution in [0.4, 0.5) is 0 Å². The molecule has 4 nitrogen and oxygen atoms in total. The van der Waals surface area contributed by atoms with Gasteiger partial charge in [-0.15, -0.1) is 0 Å². The van der Waals surface area contributed by atoms with Crippen LogP contribution in [0.5, 0.6) is 0 Å². The number of hydrogen-bond acceptors (Lipinski definition) is 3. The highest BCUT2D eigenvalue weighted by atomic mass is 16.4. The minimum absolute atomic E-state index is 0.0234. The van der Waals surface area contributed by atoms with E-state index >= 15 is 0 Å². The molecular formula is C15H16N2O2. The van der Waals surface area contributed by atoms with Crippen molar-refractivity contribution in [3.05, 3.63) is 29.1 Å². The highest BCUT2D eigenvalue weighted by molar-refractivity contribution is 5.85. The molecule has 2 unspecified atom stereocenters. The lowest BCUT2D eigenvalue weighted by Gasteiger charge is -2.10. The smallest absolute Gasteiger partial charge is 0.354 e. The first-order chi connectivity index (χ1) is 10.2. The molecular weight excluding hydrogens is 240 g/mol. The summed E-state index contributed by atoms with van der Waals surface area (Å²) in [5.74, 6) is 5.42. The van der Waals surface area contributed by atoms with Crippen LogP contribution in [-0.4, -0.2) is 41.0 Å². The maximum absolute atomic E-state index is 11.0. The number of carbonyl (C=O) groups is 1. The molecule has 0 spiro atoms. The lowest BCUT2D eigenvalue weighted by molar-refractivity contribution is 0.0690. The topological polar surface area (TPSA) is 53.4 Å². The molecule has 98 valence electrons. The van der Waals surface area contributed by atoms with Gasteiger partial charge < -0.3 is 10.0 Å². The third-order valence-electron chi connectivity index (χ3n) is 3.77. The summed E-state index contributed by atoms with van der Waals surface area (Å²) in [5.41, 5.74) is 0.945. The van der Waals surface area contributed by atoms with Crippen LogP contribution < -0.4 is 0 Å². The van der Waals surface area contributed by atoms with Crippen LogP contribution in [0.15, 0.2) is 12.1 Å². The van der Waals surface area contributed by atoms with Crippen LogP contribution in [0.1, 0.15) is 32.3 Å². The number of fused-ring (bicyclic) bond motifs is 1. The quantitative estimate of drug-likeness (QED) is 0.774. The zero-order valence-corrected chi connectivity index (χ0v) is 10.6. The van der Waals surface area contributed by atoms with Crippen LogP contribution in [0, 0.1) is 30.1 Å². The number of hydrogen-bond donors (Lipinski definition) is 1. The molecule has 1 saturated carbocycles. The molecule has 1 aliphatic carbocycles. The van der Waals surface area contributed by atoms with Crippen molar-refractivity contribution in [2.24, 2.45) is 11.3 Å². The van der Waals surface area contributed by atoms with E-state index in [0.29, 0.717) is 30.3 Å². The number of aromatic nitrogens is 1. The Morgan fingerprint density at radius 2 is 2.53 bits per heavy atom. The van der Waals surface area contributed by atoms with Crippen molar-refractivity contribution < 1.29 is 14.0 Å². The average Bonchev–Trinajstić information content (AvgIpc) is 2.96. The molecule has 0 amide bonds. The molecule has 3 rings (SSSR count). The van der Waals surface area contributed by atoms with Crippen molar-refractivity contribution >= 4 is 5.97 Å². The monoisotopic (exact) mass is 259 g/mol. The number of nitrogens with zero attached hydrogens (tertiary/aromatic N) is 2. The summed E-state index contributed by atoms with van der Waals surface area (Å²) in [5, 5.41) is 9.02. The number of pyridine rings is 1. The second kappa shape index (κ2) is 4.07. The molecule has 2 fully saturated rings. The zero-order valence-electron chi connectivity index (χ0n) is 13.6. The Balaban J connectivity index is 1.82. The van der Waals surface area contributed by atoms with Gasteiger partial charge in [-0.2, -0.15) is 0 Å². The first-order valence-electron chi connectivity index (χ1n) is 7.70. The second-order valence-corrected chi connectivity index (χ2v) is 5.38. The Morgan fingerprint density at radius 3 is 3.21 bits per heavy atom. The average molecular weight is 259 g/mol. The normalized spacial score (nSPS) is 31.4. The summed E-state index contributed by atoms with van der Waals surface area (Å²) in [4.78, 5) is 16.4. The van der Waals surface area contributed by atoms with E-state index in [1.165, 1.54) is 11.0 Å². The molecule has 1 aromatic rings. The minimum Gasteiger partial charge on any atom is -0.477 e. The van der Waals surface area contributed by atoms with Gasteiger partial charge in [-0.1, -0.05) is 11.8 Å². The maximum Gasteiger partial charge on any atom is 0.354 e. The molecule has 1 aromatic heterocycles. The first kappa shape index (κ1) is 9.11. The molecule has 0 aromatic carbocycles. The van der Waals surface area contributed by atoms with E-state index in [4.69, 9.17) is 9.22 Å². The zero-order chi connectivity index (χ0) is 16.1. The highest BCUT2D eigenvalue weighted by Crippen LogP contribution is 2.56. The lowest BCUT2D eigenvalue weighted by Crippen LogP contribution is -2.19. The number of rotatable bonds is 1. The van der Waals surface area contributed by atoms with Crippen molar-refractivity contribution in [2.75, 3.05) is 20.1 Å². The SMILES string of the molecule is [2H]C([2H])([2H])N1CC2CC2(C#Cc2cc(C)nc(C(=O)O)c2)C1. The number of aromatic carboxylic acids is 1. The van der Waals surface area contributed by atoms with Crippen molar-refractivity contribution in [1.82, 2.24) is 9.88 Å².